The number of carboxylic acids is 1. The summed E-state index contributed by atoms with van der Waals surface area (Å²) in [6, 6.07) is 0. The van der Waals surface area contributed by atoms with Crippen molar-refractivity contribution in [2.45, 2.75) is 19.3 Å². The van der Waals surface area contributed by atoms with E-state index in [0.717, 1.165) is 38.4 Å². The molecular formula is C12H22N2O2. The van der Waals surface area contributed by atoms with E-state index < -0.39 is 11.4 Å². The first kappa shape index (κ1) is 11.9. The highest BCUT2D eigenvalue weighted by Crippen LogP contribution is 2.46. The van der Waals surface area contributed by atoms with Crippen LogP contribution in [0.15, 0.2) is 0 Å². The van der Waals surface area contributed by atoms with E-state index in [1.54, 1.807) is 0 Å². The van der Waals surface area contributed by atoms with Gasteiger partial charge in [0, 0.05) is 19.6 Å². The van der Waals surface area contributed by atoms with Crippen molar-refractivity contribution in [2.24, 2.45) is 11.3 Å². The Kier molecular flexibility index (Phi) is 3.22. The number of carboxylic acid groups (broad SMARTS) is 1. The second-order valence-corrected chi connectivity index (χ2v) is 5.70. The van der Waals surface area contributed by atoms with Crippen LogP contribution in [-0.2, 0) is 4.79 Å². The van der Waals surface area contributed by atoms with Crippen molar-refractivity contribution >= 4 is 5.97 Å². The third kappa shape index (κ3) is 2.55. The molecule has 16 heavy (non-hydrogen) atoms. The van der Waals surface area contributed by atoms with E-state index >= 15 is 0 Å². The van der Waals surface area contributed by atoms with Crippen LogP contribution >= 0.6 is 0 Å². The van der Waals surface area contributed by atoms with Crippen LogP contribution in [0.2, 0.25) is 0 Å². The molecule has 1 N–H and O–H groups in total. The molecule has 0 aromatic rings. The minimum atomic E-state index is -0.608. The predicted molar refractivity (Wildman–Crippen MR) is 62.4 cm³/mol. The number of carbonyl (C=O) groups is 1. The fourth-order valence-corrected chi connectivity index (χ4v) is 2.79. The summed E-state index contributed by atoms with van der Waals surface area (Å²) < 4.78 is 0. The largest absolute Gasteiger partial charge is 0.481 e. The van der Waals surface area contributed by atoms with Gasteiger partial charge < -0.3 is 14.9 Å². The van der Waals surface area contributed by atoms with Crippen molar-refractivity contribution in [1.29, 1.82) is 0 Å². The van der Waals surface area contributed by atoms with Crippen molar-refractivity contribution in [2.75, 3.05) is 40.3 Å². The summed E-state index contributed by atoms with van der Waals surface area (Å²) in [7, 11) is 4.21. The first-order chi connectivity index (χ1) is 7.52. The van der Waals surface area contributed by atoms with Gasteiger partial charge in [-0.05, 0) is 45.8 Å². The number of hydrogen-bond acceptors (Lipinski definition) is 3. The van der Waals surface area contributed by atoms with Gasteiger partial charge in [0.1, 0.15) is 0 Å². The standard InChI is InChI=1S/C12H22N2O2/c1-13-6-3-10(7-13)8-14(2)9-12(4-5-12)11(15)16/h10H,3-9H2,1-2H3,(H,15,16). The van der Waals surface area contributed by atoms with Gasteiger partial charge in [-0.1, -0.05) is 0 Å². The molecule has 0 amide bonds. The van der Waals surface area contributed by atoms with Crippen LogP contribution in [0.4, 0.5) is 0 Å². The minimum Gasteiger partial charge on any atom is -0.481 e. The van der Waals surface area contributed by atoms with Gasteiger partial charge in [0.2, 0.25) is 0 Å². The summed E-state index contributed by atoms with van der Waals surface area (Å²) in [6.07, 6.45) is 2.97. The molecule has 0 radical (unpaired) electrons. The van der Waals surface area contributed by atoms with E-state index in [1.165, 1.54) is 13.0 Å². The van der Waals surface area contributed by atoms with Gasteiger partial charge in [0.25, 0.3) is 0 Å². The van der Waals surface area contributed by atoms with Crippen molar-refractivity contribution < 1.29 is 9.90 Å². The van der Waals surface area contributed by atoms with Crippen LogP contribution < -0.4 is 0 Å². The molecule has 2 rings (SSSR count). The quantitative estimate of drug-likeness (QED) is 0.751. The molecule has 1 heterocycles. The maximum Gasteiger partial charge on any atom is 0.310 e. The third-order valence-corrected chi connectivity index (χ3v) is 3.94. The van der Waals surface area contributed by atoms with Crippen LogP contribution in [0.1, 0.15) is 19.3 Å². The summed E-state index contributed by atoms with van der Waals surface area (Å²) in [6.45, 7) is 4.11. The van der Waals surface area contributed by atoms with Crippen molar-refractivity contribution in [3.05, 3.63) is 0 Å². The Labute approximate surface area is 97.2 Å². The topological polar surface area (TPSA) is 43.8 Å². The first-order valence-electron chi connectivity index (χ1n) is 6.12. The highest BCUT2D eigenvalue weighted by atomic mass is 16.4. The summed E-state index contributed by atoms with van der Waals surface area (Å²) in [5.74, 6) is 0.113. The second kappa shape index (κ2) is 4.34. The molecule has 4 heteroatoms. The molecule has 92 valence electrons. The number of likely N-dealkylation sites (tertiary alicyclic amines) is 1. The molecule has 1 unspecified atom stereocenters. The third-order valence-electron chi connectivity index (χ3n) is 3.94. The lowest BCUT2D eigenvalue weighted by Gasteiger charge is -2.23. The van der Waals surface area contributed by atoms with E-state index in [0.29, 0.717) is 0 Å². The van der Waals surface area contributed by atoms with Gasteiger partial charge in [0.05, 0.1) is 5.41 Å². The Balaban J connectivity index is 1.76. The number of hydrogen-bond donors (Lipinski definition) is 1. The molecular weight excluding hydrogens is 204 g/mol. The molecule has 2 aliphatic rings. The van der Waals surface area contributed by atoms with Crippen LogP contribution in [0.5, 0.6) is 0 Å². The average molecular weight is 226 g/mol. The summed E-state index contributed by atoms with van der Waals surface area (Å²) in [5.41, 5.74) is -0.404. The van der Waals surface area contributed by atoms with Crippen LogP contribution in [-0.4, -0.2) is 61.2 Å². The molecule has 2 fully saturated rings. The zero-order valence-corrected chi connectivity index (χ0v) is 10.3. The van der Waals surface area contributed by atoms with E-state index in [4.69, 9.17) is 5.11 Å². The Morgan fingerprint density at radius 2 is 2.25 bits per heavy atom. The molecule has 1 atom stereocenters. The van der Waals surface area contributed by atoms with Gasteiger partial charge in [-0.3, -0.25) is 4.79 Å². The predicted octanol–water partition coefficient (Wildman–Crippen LogP) is 0.735. The smallest absolute Gasteiger partial charge is 0.310 e. The molecule has 1 saturated carbocycles. The normalized spacial score (nSPS) is 28.6. The van der Waals surface area contributed by atoms with E-state index in [1.807, 2.05) is 0 Å². The van der Waals surface area contributed by atoms with Gasteiger partial charge in [-0.15, -0.1) is 0 Å². The van der Waals surface area contributed by atoms with Crippen molar-refractivity contribution in [1.82, 2.24) is 9.80 Å². The average Bonchev–Trinajstić information content (AvgIpc) is 2.85. The maximum atomic E-state index is 11.1. The maximum absolute atomic E-state index is 11.1. The van der Waals surface area contributed by atoms with E-state index in [9.17, 15) is 4.79 Å². The van der Waals surface area contributed by atoms with Crippen molar-refractivity contribution in [3.63, 3.8) is 0 Å². The van der Waals surface area contributed by atoms with Crippen LogP contribution in [0.3, 0.4) is 0 Å². The lowest BCUT2D eigenvalue weighted by atomic mass is 10.1. The number of rotatable bonds is 5. The van der Waals surface area contributed by atoms with Gasteiger partial charge in [-0.2, -0.15) is 0 Å². The highest BCUT2D eigenvalue weighted by molar-refractivity contribution is 5.78. The lowest BCUT2D eigenvalue weighted by molar-refractivity contribution is -0.144. The number of nitrogens with zero attached hydrogens (tertiary/aromatic N) is 2. The lowest BCUT2D eigenvalue weighted by Crippen LogP contribution is -2.35. The monoisotopic (exact) mass is 226 g/mol. The zero-order chi connectivity index (χ0) is 11.8. The van der Waals surface area contributed by atoms with Crippen LogP contribution in [0.25, 0.3) is 0 Å². The van der Waals surface area contributed by atoms with Gasteiger partial charge in [-0.25, -0.2) is 0 Å². The molecule has 1 saturated heterocycles. The molecule has 0 spiro atoms. The first-order valence-corrected chi connectivity index (χ1v) is 6.12. The Bertz CT molecular complexity index is 276. The molecule has 1 aliphatic heterocycles. The van der Waals surface area contributed by atoms with Crippen molar-refractivity contribution in [3.8, 4) is 0 Å². The van der Waals surface area contributed by atoms with E-state index in [2.05, 4.69) is 23.9 Å². The Hall–Kier alpha value is -0.610. The van der Waals surface area contributed by atoms with Crippen LogP contribution in [0, 0.1) is 11.3 Å². The SMILES string of the molecule is CN1CCC(CN(C)CC2(C(=O)O)CC2)C1. The molecule has 0 aromatic heterocycles. The van der Waals surface area contributed by atoms with Gasteiger partial charge >= 0.3 is 5.97 Å². The van der Waals surface area contributed by atoms with E-state index in [-0.39, 0.29) is 0 Å². The summed E-state index contributed by atoms with van der Waals surface area (Å²) >= 11 is 0. The highest BCUT2D eigenvalue weighted by Gasteiger charge is 2.50. The molecule has 0 bridgehead atoms. The zero-order valence-electron chi connectivity index (χ0n) is 10.3. The summed E-state index contributed by atoms with van der Waals surface area (Å²) in [5, 5.41) is 9.12. The summed E-state index contributed by atoms with van der Waals surface area (Å²) in [4.78, 5) is 15.6. The number of aliphatic carboxylic acids is 1. The second-order valence-electron chi connectivity index (χ2n) is 5.70. The fraction of sp³-hybridized carbons (Fsp3) is 0.917. The Morgan fingerprint density at radius 3 is 2.69 bits per heavy atom. The minimum absolute atomic E-state index is 0.404. The fourth-order valence-electron chi connectivity index (χ4n) is 2.79. The Morgan fingerprint density at radius 1 is 1.56 bits per heavy atom. The molecule has 0 aromatic carbocycles. The van der Waals surface area contributed by atoms with Gasteiger partial charge in [0.15, 0.2) is 0 Å². The molecule has 4 nitrogen and oxygen atoms in total. The molecule has 1 aliphatic carbocycles.